The highest BCUT2D eigenvalue weighted by molar-refractivity contribution is 6.01. The third kappa shape index (κ3) is 4.45. The molecule has 2 amide bonds. The number of para-hydroxylation sites is 1. The Morgan fingerprint density at radius 2 is 1.80 bits per heavy atom. The maximum absolute atomic E-state index is 12.6. The summed E-state index contributed by atoms with van der Waals surface area (Å²) in [5.74, 6) is -0.746. The first-order valence-corrected chi connectivity index (χ1v) is 9.16. The molecule has 1 aliphatic rings. The SMILES string of the molecule is COc1ccc(CN2C(=O)C(NC(=O)COc3ccccc3)C2C(=O)O)c(OC)c1. The van der Waals surface area contributed by atoms with Gasteiger partial charge in [-0.3, -0.25) is 9.59 Å². The Hall–Kier alpha value is -3.75. The van der Waals surface area contributed by atoms with Gasteiger partial charge in [0.15, 0.2) is 12.6 Å². The van der Waals surface area contributed by atoms with Gasteiger partial charge in [-0.2, -0.15) is 0 Å². The van der Waals surface area contributed by atoms with Crippen LogP contribution in [-0.2, 0) is 20.9 Å². The molecule has 0 saturated carbocycles. The third-order valence-electron chi connectivity index (χ3n) is 4.72. The highest BCUT2D eigenvalue weighted by atomic mass is 16.5. The summed E-state index contributed by atoms with van der Waals surface area (Å²) in [7, 11) is 2.99. The number of nitrogens with one attached hydrogen (secondary N) is 1. The zero-order chi connectivity index (χ0) is 21.7. The molecule has 2 aromatic rings. The van der Waals surface area contributed by atoms with E-state index in [4.69, 9.17) is 14.2 Å². The summed E-state index contributed by atoms with van der Waals surface area (Å²) < 4.78 is 15.8. The highest BCUT2D eigenvalue weighted by Gasteiger charge is 2.52. The maximum Gasteiger partial charge on any atom is 0.329 e. The van der Waals surface area contributed by atoms with Crippen LogP contribution in [0, 0.1) is 0 Å². The summed E-state index contributed by atoms with van der Waals surface area (Å²) in [6, 6.07) is 11.4. The molecule has 9 nitrogen and oxygen atoms in total. The fourth-order valence-corrected chi connectivity index (χ4v) is 3.19. The van der Waals surface area contributed by atoms with Gasteiger partial charge in [-0.25, -0.2) is 4.79 Å². The van der Waals surface area contributed by atoms with Crippen LogP contribution in [0.4, 0.5) is 0 Å². The fraction of sp³-hybridized carbons (Fsp3) is 0.286. The van der Waals surface area contributed by atoms with Crippen LogP contribution >= 0.6 is 0 Å². The number of carboxylic acids is 1. The molecule has 0 bridgehead atoms. The predicted octanol–water partition coefficient (Wildman–Crippen LogP) is 1.06. The van der Waals surface area contributed by atoms with Crippen molar-refractivity contribution in [1.82, 2.24) is 10.2 Å². The van der Waals surface area contributed by atoms with E-state index in [9.17, 15) is 19.5 Å². The molecule has 0 spiro atoms. The van der Waals surface area contributed by atoms with E-state index in [1.807, 2.05) is 6.07 Å². The van der Waals surface area contributed by atoms with E-state index in [-0.39, 0.29) is 13.2 Å². The number of methoxy groups -OCH3 is 2. The second kappa shape index (κ2) is 9.17. The average molecular weight is 414 g/mol. The average Bonchev–Trinajstić information content (AvgIpc) is 2.76. The molecule has 0 radical (unpaired) electrons. The molecule has 1 fully saturated rings. The van der Waals surface area contributed by atoms with Crippen LogP contribution in [0.1, 0.15) is 5.56 Å². The van der Waals surface area contributed by atoms with Gasteiger partial charge in [-0.15, -0.1) is 0 Å². The lowest BCUT2D eigenvalue weighted by Gasteiger charge is -2.44. The summed E-state index contributed by atoms with van der Waals surface area (Å²) in [5.41, 5.74) is 0.620. The summed E-state index contributed by atoms with van der Waals surface area (Å²) in [5, 5.41) is 12.0. The lowest BCUT2D eigenvalue weighted by molar-refractivity contribution is -0.168. The first-order chi connectivity index (χ1) is 14.4. The van der Waals surface area contributed by atoms with Gasteiger partial charge in [0.05, 0.1) is 20.8 Å². The second-order valence-electron chi connectivity index (χ2n) is 6.57. The Balaban J connectivity index is 1.64. The van der Waals surface area contributed by atoms with E-state index in [1.165, 1.54) is 19.1 Å². The smallest absolute Gasteiger partial charge is 0.329 e. The topological polar surface area (TPSA) is 114 Å². The Kier molecular flexibility index (Phi) is 6.41. The van der Waals surface area contributed by atoms with E-state index < -0.39 is 29.9 Å². The van der Waals surface area contributed by atoms with Gasteiger partial charge < -0.3 is 29.5 Å². The number of rotatable bonds is 9. The number of hydrogen-bond donors (Lipinski definition) is 2. The van der Waals surface area contributed by atoms with Crippen LogP contribution in [0.3, 0.4) is 0 Å². The largest absolute Gasteiger partial charge is 0.497 e. The van der Waals surface area contributed by atoms with Crippen LogP contribution in [0.15, 0.2) is 48.5 Å². The molecule has 9 heteroatoms. The van der Waals surface area contributed by atoms with E-state index in [0.717, 1.165) is 0 Å². The van der Waals surface area contributed by atoms with Crippen molar-refractivity contribution < 1.29 is 33.7 Å². The molecule has 0 aliphatic carbocycles. The van der Waals surface area contributed by atoms with E-state index in [2.05, 4.69) is 5.32 Å². The first kappa shape index (κ1) is 21.0. The number of carbonyl (C=O) groups excluding carboxylic acids is 2. The van der Waals surface area contributed by atoms with Gasteiger partial charge in [0.2, 0.25) is 5.91 Å². The van der Waals surface area contributed by atoms with Gasteiger partial charge in [0.1, 0.15) is 23.3 Å². The quantitative estimate of drug-likeness (QED) is 0.590. The van der Waals surface area contributed by atoms with E-state index in [0.29, 0.717) is 22.8 Å². The molecule has 30 heavy (non-hydrogen) atoms. The number of carbonyl (C=O) groups is 3. The Morgan fingerprint density at radius 3 is 2.43 bits per heavy atom. The van der Waals surface area contributed by atoms with Crippen molar-refractivity contribution in [1.29, 1.82) is 0 Å². The summed E-state index contributed by atoms with van der Waals surface area (Å²) in [4.78, 5) is 37.6. The molecule has 1 heterocycles. The minimum absolute atomic E-state index is 0.0237. The molecule has 1 aliphatic heterocycles. The van der Waals surface area contributed by atoms with Crippen molar-refractivity contribution in [2.45, 2.75) is 18.6 Å². The number of hydrogen-bond acceptors (Lipinski definition) is 6. The maximum atomic E-state index is 12.6. The predicted molar refractivity (Wildman–Crippen MR) is 105 cm³/mol. The molecule has 0 aromatic heterocycles. The number of likely N-dealkylation sites (tertiary alicyclic amines) is 1. The van der Waals surface area contributed by atoms with Crippen LogP contribution in [0.2, 0.25) is 0 Å². The Bertz CT molecular complexity index is 932. The summed E-state index contributed by atoms with van der Waals surface area (Å²) in [6.07, 6.45) is 0. The van der Waals surface area contributed by atoms with Gasteiger partial charge in [0, 0.05) is 11.6 Å². The number of amides is 2. The molecule has 2 N–H and O–H groups in total. The number of ether oxygens (including phenoxy) is 3. The number of nitrogens with zero attached hydrogens (tertiary/aromatic N) is 1. The van der Waals surface area contributed by atoms with Crippen molar-refractivity contribution >= 4 is 17.8 Å². The van der Waals surface area contributed by atoms with Crippen molar-refractivity contribution in [2.75, 3.05) is 20.8 Å². The molecule has 158 valence electrons. The lowest BCUT2D eigenvalue weighted by Crippen LogP contribution is -2.73. The van der Waals surface area contributed by atoms with E-state index >= 15 is 0 Å². The van der Waals surface area contributed by atoms with Gasteiger partial charge in [0.25, 0.3) is 5.91 Å². The van der Waals surface area contributed by atoms with Crippen LogP contribution in [0.25, 0.3) is 0 Å². The van der Waals surface area contributed by atoms with Crippen molar-refractivity contribution in [3.05, 3.63) is 54.1 Å². The highest BCUT2D eigenvalue weighted by Crippen LogP contribution is 2.30. The standard InChI is InChI=1S/C21H22N2O7/c1-28-15-9-8-13(16(10-15)29-2)11-23-19(21(26)27)18(20(23)25)22-17(24)12-30-14-6-4-3-5-7-14/h3-10,18-19H,11-12H2,1-2H3,(H,22,24)(H,26,27). The van der Waals surface area contributed by atoms with Crippen LogP contribution in [-0.4, -0.2) is 60.7 Å². The molecule has 2 aromatic carbocycles. The number of benzene rings is 2. The lowest BCUT2D eigenvalue weighted by atomic mass is 9.93. The first-order valence-electron chi connectivity index (χ1n) is 9.16. The van der Waals surface area contributed by atoms with Crippen LogP contribution < -0.4 is 19.5 Å². The minimum Gasteiger partial charge on any atom is -0.497 e. The minimum atomic E-state index is -1.21. The molecule has 3 rings (SSSR count). The van der Waals surface area contributed by atoms with Gasteiger partial charge in [-0.05, 0) is 24.3 Å². The second-order valence-corrected chi connectivity index (χ2v) is 6.57. The number of carboxylic acid groups (broad SMARTS) is 1. The number of aliphatic carboxylic acids is 1. The monoisotopic (exact) mass is 414 g/mol. The zero-order valence-electron chi connectivity index (χ0n) is 16.5. The van der Waals surface area contributed by atoms with Crippen molar-refractivity contribution in [2.24, 2.45) is 0 Å². The fourth-order valence-electron chi connectivity index (χ4n) is 3.19. The van der Waals surface area contributed by atoms with Gasteiger partial charge in [-0.1, -0.05) is 18.2 Å². The normalized spacial score (nSPS) is 17.7. The molecule has 1 saturated heterocycles. The third-order valence-corrected chi connectivity index (χ3v) is 4.72. The van der Waals surface area contributed by atoms with Crippen LogP contribution in [0.5, 0.6) is 17.2 Å². The molecular formula is C21H22N2O7. The Morgan fingerprint density at radius 1 is 1.07 bits per heavy atom. The van der Waals surface area contributed by atoms with Gasteiger partial charge >= 0.3 is 5.97 Å². The summed E-state index contributed by atoms with van der Waals surface area (Å²) >= 11 is 0. The number of β-lactam (4-membered cyclic amide) rings is 1. The molecular weight excluding hydrogens is 392 g/mol. The van der Waals surface area contributed by atoms with Crippen molar-refractivity contribution in [3.63, 3.8) is 0 Å². The van der Waals surface area contributed by atoms with E-state index in [1.54, 1.807) is 42.5 Å². The van der Waals surface area contributed by atoms with Crippen molar-refractivity contribution in [3.8, 4) is 17.2 Å². The summed E-state index contributed by atoms with van der Waals surface area (Å²) in [6.45, 7) is -0.303. The zero-order valence-corrected chi connectivity index (χ0v) is 16.5. The molecule has 2 unspecified atom stereocenters. The molecule has 2 atom stereocenters. The Labute approximate surface area is 173 Å².